The van der Waals surface area contributed by atoms with Crippen LogP contribution in [-0.2, 0) is 9.53 Å². The third-order valence-corrected chi connectivity index (χ3v) is 1.73. The van der Waals surface area contributed by atoms with Crippen molar-refractivity contribution in [2.75, 3.05) is 6.54 Å². The molecule has 2 atom stereocenters. The molecule has 100 valence electrons. The molecule has 7 nitrogen and oxygen atoms in total. The molecule has 2 unspecified atom stereocenters. The van der Waals surface area contributed by atoms with E-state index in [9.17, 15) is 14.7 Å². The summed E-state index contributed by atoms with van der Waals surface area (Å²) in [6.45, 7) is 5.13. The minimum atomic E-state index is -1.85. The van der Waals surface area contributed by atoms with Gasteiger partial charge in [-0.05, 0) is 27.2 Å². The molecule has 0 radical (unpaired) electrons. The zero-order valence-electron chi connectivity index (χ0n) is 10.1. The fourth-order valence-corrected chi connectivity index (χ4v) is 0.959. The van der Waals surface area contributed by atoms with Gasteiger partial charge in [-0.1, -0.05) is 0 Å². The molecule has 7 heteroatoms. The maximum Gasteiger partial charge on any atom is 0.407 e. The summed E-state index contributed by atoms with van der Waals surface area (Å²) in [5, 5.41) is 28.9. The Morgan fingerprint density at radius 1 is 1.29 bits per heavy atom. The maximum absolute atomic E-state index is 11.2. The second-order valence-corrected chi connectivity index (χ2v) is 4.57. The smallest absolute Gasteiger partial charge is 0.407 e. The van der Waals surface area contributed by atoms with Crippen LogP contribution in [0.25, 0.3) is 0 Å². The fourth-order valence-electron chi connectivity index (χ4n) is 0.959. The van der Waals surface area contributed by atoms with Crippen molar-refractivity contribution < 1.29 is 29.6 Å². The number of rotatable bonds is 5. The van der Waals surface area contributed by atoms with Crippen molar-refractivity contribution in [2.24, 2.45) is 0 Å². The highest BCUT2D eigenvalue weighted by Crippen LogP contribution is 2.06. The van der Waals surface area contributed by atoms with E-state index in [1.807, 2.05) is 0 Å². The van der Waals surface area contributed by atoms with Gasteiger partial charge in [-0.15, -0.1) is 0 Å². The largest absolute Gasteiger partial charge is 0.479 e. The molecule has 0 aliphatic heterocycles. The van der Waals surface area contributed by atoms with E-state index in [1.54, 1.807) is 20.8 Å². The first-order valence-corrected chi connectivity index (χ1v) is 5.19. The Hall–Kier alpha value is -1.34. The molecular weight excluding hydrogens is 230 g/mol. The first-order valence-electron chi connectivity index (χ1n) is 5.19. The van der Waals surface area contributed by atoms with Crippen molar-refractivity contribution in [3.8, 4) is 0 Å². The number of hydrogen-bond acceptors (Lipinski definition) is 5. The zero-order valence-corrected chi connectivity index (χ0v) is 10.1. The van der Waals surface area contributed by atoms with E-state index in [-0.39, 0.29) is 13.0 Å². The molecule has 0 spiro atoms. The molecule has 0 saturated carbocycles. The maximum atomic E-state index is 11.2. The number of nitrogens with one attached hydrogen (secondary N) is 1. The lowest BCUT2D eigenvalue weighted by molar-refractivity contribution is -0.152. The van der Waals surface area contributed by atoms with Crippen molar-refractivity contribution in [3.05, 3.63) is 0 Å². The van der Waals surface area contributed by atoms with Crippen LogP contribution in [0.4, 0.5) is 4.79 Å². The van der Waals surface area contributed by atoms with Gasteiger partial charge in [0.15, 0.2) is 6.10 Å². The number of alkyl carbamates (subject to hydrolysis) is 1. The number of ether oxygens (including phenoxy) is 1. The SMILES string of the molecule is CC(C)(C)OC(=O)NCCC(O)C(O)C(=O)O. The Morgan fingerprint density at radius 2 is 1.82 bits per heavy atom. The number of amides is 1. The van der Waals surface area contributed by atoms with Gasteiger partial charge in [0.2, 0.25) is 0 Å². The molecule has 0 aromatic heterocycles. The van der Waals surface area contributed by atoms with Gasteiger partial charge in [0, 0.05) is 6.54 Å². The Balaban J connectivity index is 3.85. The second kappa shape index (κ2) is 6.41. The van der Waals surface area contributed by atoms with Crippen LogP contribution in [0.5, 0.6) is 0 Å². The van der Waals surface area contributed by atoms with Gasteiger partial charge in [-0.2, -0.15) is 0 Å². The van der Waals surface area contributed by atoms with Crippen molar-refractivity contribution in [2.45, 2.75) is 45.0 Å². The van der Waals surface area contributed by atoms with Crippen LogP contribution in [0.2, 0.25) is 0 Å². The summed E-state index contributed by atoms with van der Waals surface area (Å²) in [6.07, 6.45) is -4.01. The molecule has 17 heavy (non-hydrogen) atoms. The Morgan fingerprint density at radius 3 is 2.24 bits per heavy atom. The molecule has 4 N–H and O–H groups in total. The molecule has 1 amide bonds. The van der Waals surface area contributed by atoms with Crippen LogP contribution in [-0.4, -0.2) is 51.7 Å². The predicted octanol–water partition coefficient (Wildman–Crippen LogP) is -0.292. The van der Waals surface area contributed by atoms with E-state index in [2.05, 4.69) is 5.32 Å². The quantitative estimate of drug-likeness (QED) is 0.532. The Bertz CT molecular complexity index is 272. The number of aliphatic hydroxyl groups excluding tert-OH is 2. The summed E-state index contributed by atoms with van der Waals surface area (Å²) in [4.78, 5) is 21.5. The lowest BCUT2D eigenvalue weighted by atomic mass is 10.1. The zero-order chi connectivity index (χ0) is 13.6. The summed E-state index contributed by atoms with van der Waals surface area (Å²) >= 11 is 0. The number of hydrogen-bond donors (Lipinski definition) is 4. The van der Waals surface area contributed by atoms with E-state index in [4.69, 9.17) is 14.9 Å². The average Bonchev–Trinajstić information content (AvgIpc) is 2.13. The van der Waals surface area contributed by atoms with E-state index >= 15 is 0 Å². The van der Waals surface area contributed by atoms with Crippen LogP contribution in [0.15, 0.2) is 0 Å². The first kappa shape index (κ1) is 15.7. The average molecular weight is 249 g/mol. The molecule has 0 aromatic rings. The summed E-state index contributed by atoms with van der Waals surface area (Å²) in [5.41, 5.74) is -0.622. The number of carbonyl (C=O) groups is 2. The molecule has 0 saturated heterocycles. The predicted molar refractivity (Wildman–Crippen MR) is 58.5 cm³/mol. The number of carboxylic acids is 1. The van der Waals surface area contributed by atoms with E-state index < -0.39 is 29.9 Å². The summed E-state index contributed by atoms with van der Waals surface area (Å²) in [7, 11) is 0. The molecule has 0 aliphatic rings. The van der Waals surface area contributed by atoms with E-state index in [1.165, 1.54) is 0 Å². The Kier molecular flexibility index (Phi) is 5.90. The molecule has 0 heterocycles. The van der Waals surface area contributed by atoms with Gasteiger partial charge in [-0.3, -0.25) is 0 Å². The van der Waals surface area contributed by atoms with Crippen LogP contribution in [0, 0.1) is 0 Å². The highest BCUT2D eigenvalue weighted by Gasteiger charge is 2.23. The highest BCUT2D eigenvalue weighted by atomic mass is 16.6. The highest BCUT2D eigenvalue weighted by molar-refractivity contribution is 5.72. The molecule has 0 bridgehead atoms. The van der Waals surface area contributed by atoms with Crippen molar-refractivity contribution in [3.63, 3.8) is 0 Å². The van der Waals surface area contributed by atoms with Crippen molar-refractivity contribution in [1.29, 1.82) is 0 Å². The summed E-state index contributed by atoms with van der Waals surface area (Å²) in [5.74, 6) is -1.50. The number of aliphatic carboxylic acids is 1. The fraction of sp³-hybridized carbons (Fsp3) is 0.800. The second-order valence-electron chi connectivity index (χ2n) is 4.57. The van der Waals surface area contributed by atoms with Crippen molar-refractivity contribution >= 4 is 12.1 Å². The van der Waals surface area contributed by atoms with E-state index in [0.29, 0.717) is 0 Å². The van der Waals surface area contributed by atoms with Crippen LogP contribution < -0.4 is 5.32 Å². The number of carboxylic acid groups (broad SMARTS) is 1. The van der Waals surface area contributed by atoms with Gasteiger partial charge in [-0.25, -0.2) is 9.59 Å². The van der Waals surface area contributed by atoms with E-state index in [0.717, 1.165) is 0 Å². The van der Waals surface area contributed by atoms with Gasteiger partial charge < -0.3 is 25.4 Å². The topological polar surface area (TPSA) is 116 Å². The molecule has 0 rings (SSSR count). The van der Waals surface area contributed by atoms with Gasteiger partial charge in [0.1, 0.15) is 5.60 Å². The first-order chi connectivity index (χ1) is 7.63. The number of carbonyl (C=O) groups excluding carboxylic acids is 1. The van der Waals surface area contributed by atoms with Crippen LogP contribution in [0.1, 0.15) is 27.2 Å². The molecular formula is C10H19NO6. The lowest BCUT2D eigenvalue weighted by Crippen LogP contribution is -2.38. The minimum Gasteiger partial charge on any atom is -0.479 e. The van der Waals surface area contributed by atoms with Crippen LogP contribution >= 0.6 is 0 Å². The van der Waals surface area contributed by atoms with Crippen molar-refractivity contribution in [1.82, 2.24) is 5.32 Å². The number of aliphatic hydroxyl groups is 2. The normalized spacial score (nSPS) is 14.9. The third-order valence-electron chi connectivity index (χ3n) is 1.73. The monoisotopic (exact) mass is 249 g/mol. The summed E-state index contributed by atoms with van der Waals surface area (Å²) < 4.78 is 4.92. The summed E-state index contributed by atoms with van der Waals surface area (Å²) in [6, 6.07) is 0. The van der Waals surface area contributed by atoms with Gasteiger partial charge >= 0.3 is 12.1 Å². The third kappa shape index (κ3) is 7.53. The minimum absolute atomic E-state index is 0.0143. The van der Waals surface area contributed by atoms with Gasteiger partial charge in [0.25, 0.3) is 0 Å². The Labute approximate surface area is 99.4 Å². The standard InChI is InChI=1S/C10H19NO6/c1-10(2,3)17-9(16)11-5-4-6(12)7(13)8(14)15/h6-7,12-13H,4-5H2,1-3H3,(H,11,16)(H,14,15). The lowest BCUT2D eigenvalue weighted by Gasteiger charge is -2.20. The van der Waals surface area contributed by atoms with Crippen LogP contribution in [0.3, 0.4) is 0 Å². The van der Waals surface area contributed by atoms with Gasteiger partial charge in [0.05, 0.1) is 6.10 Å². The molecule has 0 aliphatic carbocycles. The molecule has 0 aromatic carbocycles. The molecule has 0 fully saturated rings.